The Balaban J connectivity index is 4.66. The zero-order valence-electron chi connectivity index (χ0n) is 7.67. The van der Waals surface area contributed by atoms with Crippen LogP contribution in [-0.2, 0) is 0 Å². The Morgan fingerprint density at radius 3 is 2.17 bits per heavy atom. The minimum atomic E-state index is 0.926. The topological polar surface area (TPSA) is 24.7 Å². The van der Waals surface area contributed by atoms with Crippen molar-refractivity contribution >= 4 is 12.9 Å². The van der Waals surface area contributed by atoms with Crippen LogP contribution in [0.15, 0.2) is 46.2 Å². The summed E-state index contributed by atoms with van der Waals surface area (Å²) in [7, 11) is 0. The maximum atomic E-state index is 3.80. The first-order chi connectivity index (χ1) is 5.57. The molecular formula is C10H14N2. The van der Waals surface area contributed by atoms with Crippen LogP contribution < -0.4 is 0 Å². The average Bonchev–Trinajstić information content (AvgIpc) is 1.96. The van der Waals surface area contributed by atoms with E-state index in [0.29, 0.717) is 0 Å². The zero-order valence-corrected chi connectivity index (χ0v) is 7.67. The van der Waals surface area contributed by atoms with Crippen molar-refractivity contribution in [1.29, 1.82) is 0 Å². The molecule has 12 heavy (non-hydrogen) atoms. The van der Waals surface area contributed by atoms with Crippen molar-refractivity contribution in [3.8, 4) is 0 Å². The number of allylic oxidation sites excluding steroid dienone is 4. The predicted octanol–water partition coefficient (Wildman–Crippen LogP) is 2.75. The van der Waals surface area contributed by atoms with E-state index in [4.69, 9.17) is 0 Å². The first-order valence-electron chi connectivity index (χ1n) is 3.60. The Morgan fingerprint density at radius 1 is 1.25 bits per heavy atom. The summed E-state index contributed by atoms with van der Waals surface area (Å²) in [5, 5.41) is 7.04. The van der Waals surface area contributed by atoms with Crippen molar-refractivity contribution < 1.29 is 0 Å². The molecule has 2 heteroatoms. The van der Waals surface area contributed by atoms with Crippen LogP contribution in [0.3, 0.4) is 0 Å². The summed E-state index contributed by atoms with van der Waals surface area (Å²) in [6.07, 6.45) is 3.51. The lowest BCUT2D eigenvalue weighted by atomic mass is 10.1. The van der Waals surface area contributed by atoms with Crippen LogP contribution in [0, 0.1) is 0 Å². The third-order valence-corrected chi connectivity index (χ3v) is 1.17. The lowest BCUT2D eigenvalue weighted by Gasteiger charge is -1.98. The van der Waals surface area contributed by atoms with Gasteiger partial charge in [-0.15, -0.1) is 0 Å². The molecule has 0 spiro atoms. The van der Waals surface area contributed by atoms with Crippen LogP contribution in [0.5, 0.6) is 0 Å². The van der Waals surface area contributed by atoms with E-state index in [1.165, 1.54) is 0 Å². The number of hydrogen-bond acceptors (Lipinski definition) is 2. The van der Waals surface area contributed by atoms with Gasteiger partial charge in [0.05, 0.1) is 6.21 Å². The molecule has 64 valence electrons. The molecule has 0 rings (SSSR count). The van der Waals surface area contributed by atoms with Crippen molar-refractivity contribution in [1.82, 2.24) is 0 Å². The van der Waals surface area contributed by atoms with Gasteiger partial charge in [-0.2, -0.15) is 10.2 Å². The Morgan fingerprint density at radius 2 is 1.83 bits per heavy atom. The number of nitrogens with zero attached hydrogens (tertiary/aromatic N) is 2. The fourth-order valence-electron chi connectivity index (χ4n) is 0.639. The van der Waals surface area contributed by atoms with Gasteiger partial charge in [0.1, 0.15) is 0 Å². The molecule has 0 aliphatic rings. The maximum absolute atomic E-state index is 3.80. The lowest BCUT2D eigenvalue weighted by Crippen LogP contribution is -1.86. The molecule has 0 unspecified atom stereocenters. The summed E-state index contributed by atoms with van der Waals surface area (Å²) >= 11 is 0. The molecule has 0 amide bonds. The Labute approximate surface area is 73.7 Å². The Kier molecular flexibility index (Phi) is 4.61. The van der Waals surface area contributed by atoms with Crippen molar-refractivity contribution in [2.75, 3.05) is 0 Å². The second-order valence-corrected chi connectivity index (χ2v) is 2.61. The molecule has 0 aromatic rings. The molecule has 0 N–H and O–H groups in total. The largest absolute Gasteiger partial charge is 0.167 e. The van der Waals surface area contributed by atoms with Gasteiger partial charge in [0.15, 0.2) is 0 Å². The molecule has 0 heterocycles. The van der Waals surface area contributed by atoms with Crippen molar-refractivity contribution in [3.05, 3.63) is 36.0 Å². The van der Waals surface area contributed by atoms with Gasteiger partial charge in [0.25, 0.3) is 0 Å². The van der Waals surface area contributed by atoms with E-state index in [1.807, 2.05) is 19.9 Å². The molecule has 0 aliphatic carbocycles. The normalized spacial score (nSPS) is 11.7. The van der Waals surface area contributed by atoms with Crippen molar-refractivity contribution in [2.24, 2.45) is 10.2 Å². The first-order valence-corrected chi connectivity index (χ1v) is 3.60. The summed E-state index contributed by atoms with van der Waals surface area (Å²) < 4.78 is 0. The smallest absolute Gasteiger partial charge is 0.0570 e. The van der Waals surface area contributed by atoms with E-state index >= 15 is 0 Å². The molecule has 0 bridgehead atoms. The third kappa shape index (κ3) is 4.39. The monoisotopic (exact) mass is 162 g/mol. The van der Waals surface area contributed by atoms with E-state index in [0.717, 1.165) is 16.7 Å². The van der Waals surface area contributed by atoms with Crippen LogP contribution in [-0.4, -0.2) is 12.9 Å². The standard InChI is InChI=1S/C10H14N2/c1-8(2)6-10(9(3)4)7-12-11-5/h6-7H,1,3,5H2,2,4H3/b10-6-,12-7-. The fourth-order valence-corrected chi connectivity index (χ4v) is 0.639. The highest BCUT2D eigenvalue weighted by molar-refractivity contribution is 5.84. The highest BCUT2D eigenvalue weighted by atomic mass is 15.2. The van der Waals surface area contributed by atoms with E-state index in [1.54, 1.807) is 6.21 Å². The van der Waals surface area contributed by atoms with Crippen LogP contribution in [0.25, 0.3) is 0 Å². The first kappa shape index (κ1) is 10.6. The highest BCUT2D eigenvalue weighted by Gasteiger charge is 1.92. The lowest BCUT2D eigenvalue weighted by molar-refractivity contribution is 1.27. The summed E-state index contributed by atoms with van der Waals surface area (Å²) in [6.45, 7) is 14.6. The van der Waals surface area contributed by atoms with Crippen LogP contribution >= 0.6 is 0 Å². The molecule has 0 saturated carbocycles. The average molecular weight is 162 g/mol. The predicted molar refractivity (Wildman–Crippen MR) is 55.8 cm³/mol. The van der Waals surface area contributed by atoms with Crippen LogP contribution in [0.2, 0.25) is 0 Å². The maximum Gasteiger partial charge on any atom is 0.0570 e. The molecule has 0 aromatic heterocycles. The molecule has 0 aliphatic heterocycles. The van der Waals surface area contributed by atoms with Gasteiger partial charge >= 0.3 is 0 Å². The van der Waals surface area contributed by atoms with E-state index in [9.17, 15) is 0 Å². The summed E-state index contributed by atoms with van der Waals surface area (Å²) in [6, 6.07) is 0. The molecule has 0 fully saturated rings. The van der Waals surface area contributed by atoms with E-state index in [2.05, 4.69) is 30.1 Å². The SMILES string of the molecule is C=N/N=C\C(=C\C(=C)C)C(=C)C. The van der Waals surface area contributed by atoms with Gasteiger partial charge in [0.2, 0.25) is 0 Å². The van der Waals surface area contributed by atoms with Crippen LogP contribution in [0.4, 0.5) is 0 Å². The number of hydrogen-bond donors (Lipinski definition) is 0. The quantitative estimate of drug-likeness (QED) is 0.345. The molecular weight excluding hydrogens is 148 g/mol. The summed E-state index contributed by atoms with van der Waals surface area (Å²) in [5.74, 6) is 0. The van der Waals surface area contributed by atoms with E-state index < -0.39 is 0 Å². The minimum Gasteiger partial charge on any atom is -0.167 e. The Hall–Kier alpha value is -1.44. The fraction of sp³-hybridized carbons (Fsp3) is 0.200. The minimum absolute atomic E-state index is 0.926. The van der Waals surface area contributed by atoms with Gasteiger partial charge in [-0.25, -0.2) is 0 Å². The summed E-state index contributed by atoms with van der Waals surface area (Å²) in [5.41, 5.74) is 2.82. The highest BCUT2D eigenvalue weighted by Crippen LogP contribution is 2.06. The molecule has 0 saturated heterocycles. The van der Waals surface area contributed by atoms with Gasteiger partial charge in [-0.1, -0.05) is 24.8 Å². The van der Waals surface area contributed by atoms with Crippen molar-refractivity contribution in [2.45, 2.75) is 13.8 Å². The van der Waals surface area contributed by atoms with Crippen molar-refractivity contribution in [3.63, 3.8) is 0 Å². The van der Waals surface area contributed by atoms with Gasteiger partial charge in [-0.05, 0) is 25.0 Å². The second-order valence-electron chi connectivity index (χ2n) is 2.61. The van der Waals surface area contributed by atoms with Crippen LogP contribution in [0.1, 0.15) is 13.8 Å². The molecule has 0 atom stereocenters. The Bertz CT molecular complexity index is 257. The van der Waals surface area contributed by atoms with Gasteiger partial charge in [-0.3, -0.25) is 0 Å². The van der Waals surface area contributed by atoms with Gasteiger partial charge in [0, 0.05) is 6.72 Å². The zero-order chi connectivity index (χ0) is 9.56. The van der Waals surface area contributed by atoms with Gasteiger partial charge < -0.3 is 0 Å². The summed E-state index contributed by atoms with van der Waals surface area (Å²) in [4.78, 5) is 0. The molecule has 2 nitrogen and oxygen atoms in total. The second kappa shape index (κ2) is 5.24. The molecule has 0 aromatic carbocycles. The number of rotatable bonds is 4. The van der Waals surface area contributed by atoms with E-state index in [-0.39, 0.29) is 0 Å². The molecule has 0 radical (unpaired) electrons. The third-order valence-electron chi connectivity index (χ3n) is 1.17.